The highest BCUT2D eigenvalue weighted by Gasteiger charge is 2.24. The molecular formula is C21H24F2N2O. The van der Waals surface area contributed by atoms with Gasteiger partial charge in [0.2, 0.25) is 0 Å². The SMILES string of the molecule is CC(C)c1ccc(CN2CCN(C(=O)c3ccc(F)cc3F)CC2)cc1. The standard InChI is InChI=1S/C21H24F2N2O/c1-15(2)17-5-3-16(4-6-17)14-24-9-11-25(12-10-24)21(26)19-8-7-18(22)13-20(19)23/h3-8,13,15H,9-12,14H2,1-2H3. The Hall–Kier alpha value is -2.27. The van der Waals surface area contributed by atoms with Crippen LogP contribution in [0.1, 0.15) is 41.3 Å². The monoisotopic (exact) mass is 358 g/mol. The summed E-state index contributed by atoms with van der Waals surface area (Å²) in [5, 5.41) is 0. The summed E-state index contributed by atoms with van der Waals surface area (Å²) < 4.78 is 26.8. The van der Waals surface area contributed by atoms with Crippen molar-refractivity contribution in [2.45, 2.75) is 26.3 Å². The normalized spacial score (nSPS) is 15.5. The number of hydrogen-bond donors (Lipinski definition) is 0. The Morgan fingerprint density at radius 1 is 1.00 bits per heavy atom. The van der Waals surface area contributed by atoms with Crippen molar-refractivity contribution < 1.29 is 13.6 Å². The minimum atomic E-state index is -0.803. The van der Waals surface area contributed by atoms with Crippen LogP contribution in [0.5, 0.6) is 0 Å². The number of carbonyl (C=O) groups excluding carboxylic acids is 1. The van der Waals surface area contributed by atoms with Gasteiger partial charge in [-0.2, -0.15) is 0 Å². The number of amides is 1. The van der Waals surface area contributed by atoms with Crippen molar-refractivity contribution in [3.05, 3.63) is 70.8 Å². The summed E-state index contributed by atoms with van der Waals surface area (Å²) in [5.74, 6) is -1.33. The van der Waals surface area contributed by atoms with Crippen molar-refractivity contribution in [1.29, 1.82) is 0 Å². The second-order valence-electron chi connectivity index (χ2n) is 7.09. The summed E-state index contributed by atoms with van der Waals surface area (Å²) in [5.41, 5.74) is 2.51. The molecule has 0 aliphatic carbocycles. The third-order valence-electron chi connectivity index (χ3n) is 4.87. The van der Waals surface area contributed by atoms with Crippen LogP contribution in [0, 0.1) is 11.6 Å². The third kappa shape index (κ3) is 4.28. The highest BCUT2D eigenvalue weighted by molar-refractivity contribution is 5.94. The molecule has 1 saturated heterocycles. The molecule has 138 valence electrons. The van der Waals surface area contributed by atoms with Crippen molar-refractivity contribution in [3.8, 4) is 0 Å². The summed E-state index contributed by atoms with van der Waals surface area (Å²) in [4.78, 5) is 16.4. The largest absolute Gasteiger partial charge is 0.336 e. The number of nitrogens with zero attached hydrogens (tertiary/aromatic N) is 2. The Labute approximate surface area is 153 Å². The third-order valence-corrected chi connectivity index (χ3v) is 4.87. The van der Waals surface area contributed by atoms with Gasteiger partial charge in [0.05, 0.1) is 5.56 Å². The molecule has 0 spiro atoms. The Balaban J connectivity index is 1.56. The summed E-state index contributed by atoms with van der Waals surface area (Å²) in [6, 6.07) is 11.7. The van der Waals surface area contributed by atoms with E-state index in [1.807, 2.05) is 0 Å². The maximum atomic E-state index is 13.8. The maximum absolute atomic E-state index is 13.8. The fourth-order valence-electron chi connectivity index (χ4n) is 3.21. The quantitative estimate of drug-likeness (QED) is 0.823. The molecule has 0 atom stereocenters. The maximum Gasteiger partial charge on any atom is 0.256 e. The summed E-state index contributed by atoms with van der Waals surface area (Å²) >= 11 is 0. The summed E-state index contributed by atoms with van der Waals surface area (Å²) in [6.45, 7) is 7.75. The lowest BCUT2D eigenvalue weighted by Crippen LogP contribution is -2.48. The molecule has 2 aromatic rings. The molecule has 2 aromatic carbocycles. The first-order chi connectivity index (χ1) is 12.4. The first-order valence-electron chi connectivity index (χ1n) is 8.99. The Morgan fingerprint density at radius 2 is 1.65 bits per heavy atom. The Bertz CT molecular complexity index is 766. The predicted octanol–water partition coefficient (Wildman–Crippen LogP) is 4.05. The minimum Gasteiger partial charge on any atom is -0.336 e. The number of halogens is 2. The van der Waals surface area contributed by atoms with Gasteiger partial charge >= 0.3 is 0 Å². The van der Waals surface area contributed by atoms with Gasteiger partial charge in [0.25, 0.3) is 5.91 Å². The van der Waals surface area contributed by atoms with Crippen LogP contribution < -0.4 is 0 Å². The average molecular weight is 358 g/mol. The van der Waals surface area contributed by atoms with E-state index < -0.39 is 11.6 Å². The van der Waals surface area contributed by atoms with Crippen LogP contribution in [0.25, 0.3) is 0 Å². The second kappa shape index (κ2) is 7.96. The second-order valence-corrected chi connectivity index (χ2v) is 7.09. The highest BCUT2D eigenvalue weighted by atomic mass is 19.1. The lowest BCUT2D eigenvalue weighted by atomic mass is 10.0. The van der Waals surface area contributed by atoms with Crippen LogP contribution in [0.15, 0.2) is 42.5 Å². The molecule has 0 saturated carbocycles. The van der Waals surface area contributed by atoms with E-state index >= 15 is 0 Å². The topological polar surface area (TPSA) is 23.6 Å². The van der Waals surface area contributed by atoms with Crippen LogP contribution in [0.3, 0.4) is 0 Å². The van der Waals surface area contributed by atoms with Crippen LogP contribution >= 0.6 is 0 Å². The van der Waals surface area contributed by atoms with E-state index in [1.54, 1.807) is 4.90 Å². The van der Waals surface area contributed by atoms with Crippen molar-refractivity contribution in [2.24, 2.45) is 0 Å². The van der Waals surface area contributed by atoms with E-state index in [-0.39, 0.29) is 11.5 Å². The highest BCUT2D eigenvalue weighted by Crippen LogP contribution is 2.17. The molecule has 0 bridgehead atoms. The number of rotatable bonds is 4. The molecular weight excluding hydrogens is 334 g/mol. The van der Waals surface area contributed by atoms with Gasteiger partial charge in [-0.15, -0.1) is 0 Å². The van der Waals surface area contributed by atoms with Crippen LogP contribution in [-0.2, 0) is 6.54 Å². The van der Waals surface area contributed by atoms with E-state index in [1.165, 1.54) is 17.2 Å². The molecule has 26 heavy (non-hydrogen) atoms. The van der Waals surface area contributed by atoms with E-state index in [4.69, 9.17) is 0 Å². The minimum absolute atomic E-state index is 0.0656. The smallest absolute Gasteiger partial charge is 0.256 e. The zero-order valence-electron chi connectivity index (χ0n) is 15.2. The summed E-state index contributed by atoms with van der Waals surface area (Å²) in [6.07, 6.45) is 0. The fourth-order valence-corrected chi connectivity index (χ4v) is 3.21. The number of carbonyl (C=O) groups is 1. The van der Waals surface area contributed by atoms with Crippen LogP contribution in [0.4, 0.5) is 8.78 Å². The molecule has 1 fully saturated rings. The molecule has 1 heterocycles. The van der Waals surface area contributed by atoms with E-state index in [0.717, 1.165) is 31.8 Å². The molecule has 1 amide bonds. The van der Waals surface area contributed by atoms with Crippen molar-refractivity contribution in [1.82, 2.24) is 9.80 Å². The lowest BCUT2D eigenvalue weighted by molar-refractivity contribution is 0.0624. The van der Waals surface area contributed by atoms with Crippen LogP contribution in [0.2, 0.25) is 0 Å². The number of piperazine rings is 1. The van der Waals surface area contributed by atoms with Gasteiger partial charge in [0.15, 0.2) is 0 Å². The molecule has 5 heteroatoms. The van der Waals surface area contributed by atoms with Gasteiger partial charge in [-0.25, -0.2) is 8.78 Å². The van der Waals surface area contributed by atoms with E-state index in [9.17, 15) is 13.6 Å². The van der Waals surface area contributed by atoms with Gasteiger partial charge in [0.1, 0.15) is 11.6 Å². The number of benzene rings is 2. The molecule has 3 nitrogen and oxygen atoms in total. The molecule has 1 aliphatic rings. The van der Waals surface area contributed by atoms with E-state index in [2.05, 4.69) is 43.0 Å². The zero-order valence-corrected chi connectivity index (χ0v) is 15.2. The van der Waals surface area contributed by atoms with Crippen molar-refractivity contribution in [2.75, 3.05) is 26.2 Å². The fraction of sp³-hybridized carbons (Fsp3) is 0.381. The number of hydrogen-bond acceptors (Lipinski definition) is 2. The Kier molecular flexibility index (Phi) is 5.67. The summed E-state index contributed by atoms with van der Waals surface area (Å²) in [7, 11) is 0. The zero-order chi connectivity index (χ0) is 18.7. The molecule has 0 aromatic heterocycles. The Morgan fingerprint density at radius 3 is 2.23 bits per heavy atom. The van der Waals surface area contributed by atoms with Crippen molar-refractivity contribution >= 4 is 5.91 Å². The van der Waals surface area contributed by atoms with Gasteiger partial charge in [-0.3, -0.25) is 9.69 Å². The van der Waals surface area contributed by atoms with Gasteiger partial charge < -0.3 is 4.90 Å². The lowest BCUT2D eigenvalue weighted by Gasteiger charge is -2.34. The molecule has 0 radical (unpaired) electrons. The molecule has 0 unspecified atom stereocenters. The van der Waals surface area contributed by atoms with E-state index in [0.29, 0.717) is 19.0 Å². The van der Waals surface area contributed by atoms with Crippen LogP contribution in [-0.4, -0.2) is 41.9 Å². The average Bonchev–Trinajstić information content (AvgIpc) is 2.62. The first-order valence-corrected chi connectivity index (χ1v) is 8.99. The van der Waals surface area contributed by atoms with Gasteiger partial charge in [0, 0.05) is 38.8 Å². The predicted molar refractivity (Wildman–Crippen MR) is 98.1 cm³/mol. The van der Waals surface area contributed by atoms with Gasteiger partial charge in [-0.05, 0) is 29.2 Å². The molecule has 3 rings (SSSR count). The van der Waals surface area contributed by atoms with Crippen molar-refractivity contribution in [3.63, 3.8) is 0 Å². The van der Waals surface area contributed by atoms with Gasteiger partial charge in [-0.1, -0.05) is 38.1 Å². The molecule has 0 N–H and O–H groups in total. The molecule has 1 aliphatic heterocycles. The first kappa shape index (κ1) is 18.5.